The zero-order valence-corrected chi connectivity index (χ0v) is 11.6. The van der Waals surface area contributed by atoms with Gasteiger partial charge in [0.25, 0.3) is 0 Å². The Hall–Kier alpha value is -1.95. The van der Waals surface area contributed by atoms with Crippen LogP contribution < -0.4 is 5.32 Å². The van der Waals surface area contributed by atoms with Crippen LogP contribution in [0.1, 0.15) is 15.9 Å². The number of hydrogen-bond acceptors (Lipinski definition) is 4. The maximum Gasteiger partial charge on any atom is 0.339 e. The van der Waals surface area contributed by atoms with E-state index in [1.165, 1.54) is 6.07 Å². The quantitative estimate of drug-likeness (QED) is 0.885. The number of aromatic carboxylic acids is 1. The van der Waals surface area contributed by atoms with Crippen LogP contribution in [0.3, 0.4) is 0 Å². The van der Waals surface area contributed by atoms with Gasteiger partial charge >= 0.3 is 5.97 Å². The van der Waals surface area contributed by atoms with Gasteiger partial charge in [-0.25, -0.2) is 9.78 Å². The summed E-state index contributed by atoms with van der Waals surface area (Å²) in [6.07, 6.45) is 5.83. The number of anilines is 1. The van der Waals surface area contributed by atoms with Crippen LogP contribution in [-0.2, 0) is 6.42 Å². The van der Waals surface area contributed by atoms with Gasteiger partial charge in [0.1, 0.15) is 11.4 Å². The summed E-state index contributed by atoms with van der Waals surface area (Å²) >= 11 is 3.21. The Morgan fingerprint density at radius 1 is 1.42 bits per heavy atom. The number of carboxylic acid groups (broad SMARTS) is 1. The molecule has 0 unspecified atom stereocenters. The minimum absolute atomic E-state index is 0.153. The molecule has 0 bridgehead atoms. The predicted molar refractivity (Wildman–Crippen MR) is 75.3 cm³/mol. The molecule has 0 atom stereocenters. The third-order valence-electron chi connectivity index (χ3n) is 2.51. The van der Waals surface area contributed by atoms with Crippen molar-refractivity contribution in [1.82, 2.24) is 9.97 Å². The Kier molecular flexibility index (Phi) is 4.46. The van der Waals surface area contributed by atoms with Crippen molar-refractivity contribution in [3.05, 3.63) is 52.4 Å². The highest BCUT2D eigenvalue weighted by Crippen LogP contribution is 2.18. The smallest absolute Gasteiger partial charge is 0.339 e. The molecule has 0 aliphatic heterocycles. The number of rotatable bonds is 5. The van der Waals surface area contributed by atoms with E-state index < -0.39 is 5.97 Å². The molecule has 6 heteroatoms. The second-order valence-electron chi connectivity index (χ2n) is 3.89. The first-order valence-corrected chi connectivity index (χ1v) is 6.48. The van der Waals surface area contributed by atoms with E-state index in [9.17, 15) is 4.79 Å². The van der Waals surface area contributed by atoms with Crippen LogP contribution in [-0.4, -0.2) is 27.6 Å². The SMILES string of the molecule is O=C(O)c1cc(Br)cnc1NCCc1cccnc1. The molecule has 0 amide bonds. The molecule has 2 N–H and O–H groups in total. The van der Waals surface area contributed by atoms with Gasteiger partial charge in [-0.2, -0.15) is 0 Å². The van der Waals surface area contributed by atoms with Gasteiger partial charge in [0, 0.05) is 29.6 Å². The average Bonchev–Trinajstić information content (AvgIpc) is 2.41. The lowest BCUT2D eigenvalue weighted by atomic mass is 10.2. The van der Waals surface area contributed by atoms with E-state index in [-0.39, 0.29) is 5.56 Å². The summed E-state index contributed by atoms with van der Waals surface area (Å²) in [6, 6.07) is 5.37. The van der Waals surface area contributed by atoms with Crippen LogP contribution in [0.15, 0.2) is 41.3 Å². The molecule has 0 radical (unpaired) electrons. The Morgan fingerprint density at radius 3 is 2.95 bits per heavy atom. The third-order valence-corrected chi connectivity index (χ3v) is 2.95. The first kappa shape index (κ1) is 13.5. The third kappa shape index (κ3) is 3.75. The summed E-state index contributed by atoms with van der Waals surface area (Å²) in [5.41, 5.74) is 1.24. The van der Waals surface area contributed by atoms with E-state index >= 15 is 0 Å². The summed E-state index contributed by atoms with van der Waals surface area (Å²) in [5, 5.41) is 12.1. The molecule has 98 valence electrons. The van der Waals surface area contributed by atoms with E-state index in [1.54, 1.807) is 18.6 Å². The van der Waals surface area contributed by atoms with Crippen molar-refractivity contribution < 1.29 is 9.90 Å². The maximum atomic E-state index is 11.1. The summed E-state index contributed by atoms with van der Waals surface area (Å²) < 4.78 is 0.641. The minimum atomic E-state index is -1.00. The number of carboxylic acids is 1. The fraction of sp³-hybridized carbons (Fsp3) is 0.154. The predicted octanol–water partition coefficient (Wildman–Crippen LogP) is 2.59. The Labute approximate surface area is 118 Å². The summed E-state index contributed by atoms with van der Waals surface area (Å²) in [5.74, 6) is -0.628. The lowest BCUT2D eigenvalue weighted by Gasteiger charge is -2.08. The van der Waals surface area contributed by atoms with Gasteiger partial charge in [0.15, 0.2) is 0 Å². The van der Waals surface area contributed by atoms with E-state index in [0.29, 0.717) is 16.8 Å². The van der Waals surface area contributed by atoms with Crippen molar-refractivity contribution in [3.63, 3.8) is 0 Å². The number of carbonyl (C=O) groups is 1. The molecule has 5 nitrogen and oxygen atoms in total. The zero-order valence-electron chi connectivity index (χ0n) is 10.0. The van der Waals surface area contributed by atoms with E-state index in [2.05, 4.69) is 31.2 Å². The van der Waals surface area contributed by atoms with Gasteiger partial charge in [-0.1, -0.05) is 6.07 Å². The molecule has 2 aromatic rings. The standard InChI is InChI=1S/C13H12BrN3O2/c14-10-6-11(13(18)19)12(17-8-10)16-5-3-9-2-1-4-15-7-9/h1-2,4,6-8H,3,5H2,(H,16,17)(H,18,19). The second-order valence-corrected chi connectivity index (χ2v) is 4.81. The Morgan fingerprint density at radius 2 is 2.26 bits per heavy atom. The molecule has 2 heterocycles. The van der Waals surface area contributed by atoms with Crippen LogP contribution in [0.25, 0.3) is 0 Å². The lowest BCUT2D eigenvalue weighted by molar-refractivity contribution is 0.0697. The normalized spacial score (nSPS) is 10.2. The van der Waals surface area contributed by atoms with E-state index in [1.807, 2.05) is 12.1 Å². The van der Waals surface area contributed by atoms with Gasteiger partial charge in [-0.15, -0.1) is 0 Å². The van der Waals surface area contributed by atoms with Crippen LogP contribution in [0.5, 0.6) is 0 Å². The highest BCUT2D eigenvalue weighted by atomic mass is 79.9. The first-order chi connectivity index (χ1) is 9.16. The summed E-state index contributed by atoms with van der Waals surface area (Å²) in [4.78, 5) is 19.2. The fourth-order valence-corrected chi connectivity index (χ4v) is 1.95. The summed E-state index contributed by atoms with van der Waals surface area (Å²) in [7, 11) is 0. The van der Waals surface area contributed by atoms with Gasteiger partial charge < -0.3 is 10.4 Å². The second kappa shape index (κ2) is 6.29. The highest BCUT2D eigenvalue weighted by Gasteiger charge is 2.11. The number of nitrogens with zero attached hydrogens (tertiary/aromatic N) is 2. The van der Waals surface area contributed by atoms with Crippen LogP contribution >= 0.6 is 15.9 Å². The number of nitrogens with one attached hydrogen (secondary N) is 1. The first-order valence-electron chi connectivity index (χ1n) is 5.68. The van der Waals surface area contributed by atoms with E-state index in [0.717, 1.165) is 12.0 Å². The van der Waals surface area contributed by atoms with Crippen molar-refractivity contribution in [2.24, 2.45) is 0 Å². The number of halogens is 1. The maximum absolute atomic E-state index is 11.1. The number of hydrogen-bond donors (Lipinski definition) is 2. The monoisotopic (exact) mass is 321 g/mol. The summed E-state index contributed by atoms with van der Waals surface area (Å²) in [6.45, 7) is 0.598. The number of pyridine rings is 2. The lowest BCUT2D eigenvalue weighted by Crippen LogP contribution is -2.11. The molecule has 0 aromatic carbocycles. The molecule has 0 spiro atoms. The molecule has 0 saturated heterocycles. The van der Waals surface area contributed by atoms with Gasteiger partial charge in [-0.05, 0) is 40.0 Å². The molecule has 19 heavy (non-hydrogen) atoms. The van der Waals surface area contributed by atoms with Crippen molar-refractivity contribution in [3.8, 4) is 0 Å². The molecule has 0 saturated carbocycles. The molecule has 0 aliphatic carbocycles. The van der Waals surface area contributed by atoms with Crippen molar-refractivity contribution in [2.75, 3.05) is 11.9 Å². The van der Waals surface area contributed by atoms with Gasteiger partial charge in [0.2, 0.25) is 0 Å². The molecular weight excluding hydrogens is 310 g/mol. The van der Waals surface area contributed by atoms with Crippen molar-refractivity contribution >= 4 is 27.7 Å². The largest absolute Gasteiger partial charge is 0.478 e. The van der Waals surface area contributed by atoms with Crippen LogP contribution in [0.4, 0.5) is 5.82 Å². The van der Waals surface area contributed by atoms with E-state index in [4.69, 9.17) is 5.11 Å². The fourth-order valence-electron chi connectivity index (χ4n) is 1.61. The van der Waals surface area contributed by atoms with Crippen LogP contribution in [0, 0.1) is 0 Å². The topological polar surface area (TPSA) is 75.1 Å². The minimum Gasteiger partial charge on any atom is -0.478 e. The molecule has 0 aliphatic rings. The van der Waals surface area contributed by atoms with Crippen molar-refractivity contribution in [1.29, 1.82) is 0 Å². The van der Waals surface area contributed by atoms with Crippen molar-refractivity contribution in [2.45, 2.75) is 6.42 Å². The van der Waals surface area contributed by atoms with Crippen LogP contribution in [0.2, 0.25) is 0 Å². The average molecular weight is 322 g/mol. The Bertz CT molecular complexity index is 575. The molecular formula is C13H12BrN3O2. The molecule has 0 fully saturated rings. The zero-order chi connectivity index (χ0) is 13.7. The molecule has 2 rings (SSSR count). The highest BCUT2D eigenvalue weighted by molar-refractivity contribution is 9.10. The Balaban J connectivity index is 2.02. The van der Waals surface area contributed by atoms with Gasteiger partial charge in [0.05, 0.1) is 0 Å². The molecule has 2 aromatic heterocycles. The van der Waals surface area contributed by atoms with Gasteiger partial charge in [-0.3, -0.25) is 4.98 Å². The number of aromatic nitrogens is 2.